The van der Waals surface area contributed by atoms with Gasteiger partial charge in [-0.15, -0.1) is 5.10 Å². The van der Waals surface area contributed by atoms with Gasteiger partial charge in [-0.2, -0.15) is 13.2 Å². The summed E-state index contributed by atoms with van der Waals surface area (Å²) in [5.74, 6) is -1.75. The molecule has 0 radical (unpaired) electrons. The lowest BCUT2D eigenvalue weighted by atomic mass is 10.2. The fourth-order valence-corrected chi connectivity index (χ4v) is 1.52. The van der Waals surface area contributed by atoms with Gasteiger partial charge in [0, 0.05) is 6.42 Å². The van der Waals surface area contributed by atoms with Gasteiger partial charge in [0.15, 0.2) is 6.04 Å². The molecule has 1 atom stereocenters. The molecule has 0 amide bonds. The monoisotopic (exact) mass is 235 g/mol. The van der Waals surface area contributed by atoms with Gasteiger partial charge in [-0.25, -0.2) is 14.5 Å². The number of rotatable bonds is 1. The second-order valence-electron chi connectivity index (χ2n) is 3.40. The fourth-order valence-electron chi connectivity index (χ4n) is 1.52. The normalized spacial score (nSPS) is 21.2. The van der Waals surface area contributed by atoms with E-state index in [0.29, 0.717) is 6.42 Å². The predicted octanol–water partition coefficient (Wildman–Crippen LogP) is 1.09. The van der Waals surface area contributed by atoms with Crippen molar-refractivity contribution in [2.75, 3.05) is 6.61 Å². The Morgan fingerprint density at radius 2 is 2.19 bits per heavy atom. The van der Waals surface area contributed by atoms with Crippen LogP contribution in [0.1, 0.15) is 24.1 Å². The van der Waals surface area contributed by atoms with Crippen molar-refractivity contribution < 1.29 is 22.7 Å². The van der Waals surface area contributed by atoms with E-state index < -0.39 is 24.0 Å². The van der Waals surface area contributed by atoms with E-state index in [1.807, 2.05) is 0 Å². The van der Waals surface area contributed by atoms with E-state index in [-0.39, 0.29) is 12.4 Å². The zero-order valence-electron chi connectivity index (χ0n) is 8.28. The number of ether oxygens (including phenoxy) is 1. The quantitative estimate of drug-likeness (QED) is 0.684. The number of alkyl halides is 3. The average molecular weight is 235 g/mol. The van der Waals surface area contributed by atoms with Gasteiger partial charge in [0.1, 0.15) is 5.82 Å². The van der Waals surface area contributed by atoms with E-state index in [1.54, 1.807) is 0 Å². The van der Waals surface area contributed by atoms with Gasteiger partial charge in [0.05, 0.1) is 6.61 Å². The summed E-state index contributed by atoms with van der Waals surface area (Å²) in [4.78, 5) is 14.5. The topological polar surface area (TPSA) is 57.0 Å². The van der Waals surface area contributed by atoms with Crippen LogP contribution in [0.15, 0.2) is 0 Å². The molecule has 0 N–H and O–H groups in total. The lowest BCUT2D eigenvalue weighted by molar-refractivity contribution is -0.146. The maximum absolute atomic E-state index is 12.3. The van der Waals surface area contributed by atoms with Crippen molar-refractivity contribution in [1.29, 1.82) is 0 Å². The van der Waals surface area contributed by atoms with Gasteiger partial charge in [0.25, 0.3) is 5.82 Å². The standard InChI is InChI=1S/C8H8F3N3O2/c1-4-12-7(8(9,10)11)13-14(4)5-2-3-16-6(5)15/h5H,2-3H2,1H3. The van der Waals surface area contributed by atoms with Crippen LogP contribution < -0.4 is 0 Å². The van der Waals surface area contributed by atoms with E-state index in [4.69, 9.17) is 0 Å². The molecule has 1 unspecified atom stereocenters. The van der Waals surface area contributed by atoms with Crippen LogP contribution in [0.4, 0.5) is 13.2 Å². The fraction of sp³-hybridized carbons (Fsp3) is 0.625. The van der Waals surface area contributed by atoms with Gasteiger partial charge in [-0.05, 0) is 6.92 Å². The molecule has 1 aliphatic heterocycles. The molecular formula is C8H8F3N3O2. The maximum atomic E-state index is 12.3. The summed E-state index contributed by atoms with van der Waals surface area (Å²) in [5, 5.41) is 3.29. The number of carbonyl (C=O) groups is 1. The minimum absolute atomic E-state index is 0.0520. The van der Waals surface area contributed by atoms with Crippen molar-refractivity contribution in [3.05, 3.63) is 11.6 Å². The summed E-state index contributed by atoms with van der Waals surface area (Å²) < 4.78 is 42.6. The molecule has 2 heterocycles. The van der Waals surface area contributed by atoms with Crippen molar-refractivity contribution in [1.82, 2.24) is 14.8 Å². The van der Waals surface area contributed by atoms with Crippen molar-refractivity contribution in [2.45, 2.75) is 25.6 Å². The van der Waals surface area contributed by atoms with Crippen LogP contribution in [0.25, 0.3) is 0 Å². The number of aryl methyl sites for hydroxylation is 1. The summed E-state index contributed by atoms with van der Waals surface area (Å²) in [5.41, 5.74) is 0. The molecule has 1 saturated heterocycles. The van der Waals surface area contributed by atoms with Gasteiger partial charge in [-0.3, -0.25) is 0 Å². The number of hydrogen-bond donors (Lipinski definition) is 0. The number of aromatic nitrogens is 3. The lowest BCUT2D eigenvalue weighted by Crippen LogP contribution is -2.17. The number of esters is 1. The number of cyclic esters (lactones) is 1. The van der Waals surface area contributed by atoms with Crippen LogP contribution in [0.3, 0.4) is 0 Å². The molecule has 1 aromatic rings. The summed E-state index contributed by atoms with van der Waals surface area (Å²) in [6.45, 7) is 1.57. The highest BCUT2D eigenvalue weighted by atomic mass is 19.4. The van der Waals surface area contributed by atoms with Crippen LogP contribution in [0.2, 0.25) is 0 Å². The Morgan fingerprint density at radius 3 is 2.62 bits per heavy atom. The molecule has 2 rings (SSSR count). The Balaban J connectivity index is 2.35. The SMILES string of the molecule is Cc1nc(C(F)(F)F)nn1C1CCOC1=O. The van der Waals surface area contributed by atoms with E-state index in [1.165, 1.54) is 6.92 Å². The van der Waals surface area contributed by atoms with E-state index in [0.717, 1.165) is 4.68 Å². The zero-order chi connectivity index (χ0) is 11.9. The summed E-state index contributed by atoms with van der Waals surface area (Å²) in [7, 11) is 0. The summed E-state index contributed by atoms with van der Waals surface area (Å²) in [6, 6.07) is -0.788. The minimum Gasteiger partial charge on any atom is -0.464 e. The van der Waals surface area contributed by atoms with Crippen LogP contribution in [0.5, 0.6) is 0 Å². The molecule has 1 fully saturated rings. The second-order valence-corrected chi connectivity index (χ2v) is 3.40. The van der Waals surface area contributed by atoms with Crippen LogP contribution >= 0.6 is 0 Å². The third-order valence-electron chi connectivity index (χ3n) is 2.26. The molecule has 0 bridgehead atoms. The first-order valence-electron chi connectivity index (χ1n) is 4.56. The first-order valence-corrected chi connectivity index (χ1v) is 4.56. The highest BCUT2D eigenvalue weighted by Gasteiger charge is 2.39. The largest absolute Gasteiger partial charge is 0.464 e. The van der Waals surface area contributed by atoms with Crippen LogP contribution in [-0.2, 0) is 15.7 Å². The first kappa shape index (κ1) is 10.9. The van der Waals surface area contributed by atoms with Crippen molar-refractivity contribution in [3.63, 3.8) is 0 Å². The van der Waals surface area contributed by atoms with Gasteiger partial charge in [-0.1, -0.05) is 0 Å². The van der Waals surface area contributed by atoms with Crippen molar-refractivity contribution in [3.8, 4) is 0 Å². The third-order valence-corrected chi connectivity index (χ3v) is 2.26. The van der Waals surface area contributed by atoms with Crippen LogP contribution in [-0.4, -0.2) is 27.3 Å². The Hall–Kier alpha value is -1.60. The van der Waals surface area contributed by atoms with E-state index >= 15 is 0 Å². The molecule has 1 aromatic heterocycles. The highest BCUT2D eigenvalue weighted by Crippen LogP contribution is 2.28. The molecular weight excluding hydrogens is 227 g/mol. The molecule has 0 spiro atoms. The Kier molecular flexibility index (Phi) is 2.36. The Morgan fingerprint density at radius 1 is 1.50 bits per heavy atom. The summed E-state index contributed by atoms with van der Waals surface area (Å²) in [6.07, 6.45) is -4.28. The Labute approximate surface area is 88.2 Å². The first-order chi connectivity index (χ1) is 7.39. The number of hydrogen-bond acceptors (Lipinski definition) is 4. The van der Waals surface area contributed by atoms with Crippen molar-refractivity contribution >= 4 is 5.97 Å². The second kappa shape index (κ2) is 3.46. The van der Waals surface area contributed by atoms with Gasteiger partial charge in [0.2, 0.25) is 0 Å². The smallest absolute Gasteiger partial charge is 0.453 e. The lowest BCUT2D eigenvalue weighted by Gasteiger charge is -2.06. The van der Waals surface area contributed by atoms with Crippen molar-refractivity contribution in [2.24, 2.45) is 0 Å². The molecule has 0 saturated carbocycles. The molecule has 16 heavy (non-hydrogen) atoms. The highest BCUT2D eigenvalue weighted by molar-refractivity contribution is 5.75. The molecule has 8 heteroatoms. The average Bonchev–Trinajstić information content (AvgIpc) is 2.70. The predicted molar refractivity (Wildman–Crippen MR) is 44.4 cm³/mol. The number of nitrogens with zero attached hydrogens (tertiary/aromatic N) is 3. The van der Waals surface area contributed by atoms with Crippen LogP contribution in [0, 0.1) is 6.92 Å². The van der Waals surface area contributed by atoms with E-state index in [9.17, 15) is 18.0 Å². The Bertz CT molecular complexity index is 427. The van der Waals surface area contributed by atoms with E-state index in [2.05, 4.69) is 14.8 Å². The minimum atomic E-state index is -4.60. The zero-order valence-corrected chi connectivity index (χ0v) is 8.28. The number of halogens is 3. The summed E-state index contributed by atoms with van der Waals surface area (Å²) >= 11 is 0. The third kappa shape index (κ3) is 1.74. The molecule has 0 aliphatic carbocycles. The molecule has 5 nitrogen and oxygen atoms in total. The van der Waals surface area contributed by atoms with Gasteiger partial charge < -0.3 is 4.74 Å². The van der Waals surface area contributed by atoms with Gasteiger partial charge >= 0.3 is 12.1 Å². The molecule has 88 valence electrons. The molecule has 1 aliphatic rings. The maximum Gasteiger partial charge on any atom is 0.453 e. The molecule has 0 aromatic carbocycles. The number of carbonyl (C=O) groups excluding carboxylic acids is 1.